The van der Waals surface area contributed by atoms with Gasteiger partial charge in [-0.2, -0.15) is 0 Å². The van der Waals surface area contributed by atoms with Gasteiger partial charge in [0.25, 0.3) is 0 Å². The van der Waals surface area contributed by atoms with E-state index in [1.165, 1.54) is 11.1 Å². The second kappa shape index (κ2) is 14.3. The average Bonchev–Trinajstić information content (AvgIpc) is 3.63. The standard InChI is InChI=1S/C53H46N4O/c1-52(2,3)39-24-25-46(42(31-39)35-17-11-8-12-18-35)57-47-22-14-21-41(44-30-36(23-26-48(44)58)34-15-9-7-10-16-34)50(47)56-51(57)38-20-13-19-37(29-38)43-32-40(53(4,5)6)33-45-49(43)55-28-27-54-45/h7-33,58H,1-6H3. The van der Waals surface area contributed by atoms with Gasteiger partial charge in [-0.1, -0.05) is 145 Å². The van der Waals surface area contributed by atoms with Gasteiger partial charge in [-0.05, 0) is 92.7 Å². The van der Waals surface area contributed by atoms with Gasteiger partial charge in [0.15, 0.2) is 0 Å². The van der Waals surface area contributed by atoms with Crippen LogP contribution in [0.1, 0.15) is 52.7 Å². The molecule has 0 saturated heterocycles. The molecule has 2 heterocycles. The number of hydrogen-bond acceptors (Lipinski definition) is 4. The van der Waals surface area contributed by atoms with Crippen LogP contribution < -0.4 is 0 Å². The molecule has 7 aromatic carbocycles. The van der Waals surface area contributed by atoms with Crippen molar-refractivity contribution in [2.75, 3.05) is 0 Å². The molecule has 0 amide bonds. The van der Waals surface area contributed by atoms with Gasteiger partial charge in [-0.25, -0.2) is 4.98 Å². The van der Waals surface area contributed by atoms with Crippen molar-refractivity contribution in [2.45, 2.75) is 52.4 Å². The van der Waals surface area contributed by atoms with Crippen molar-refractivity contribution in [3.05, 3.63) is 175 Å². The largest absolute Gasteiger partial charge is 0.507 e. The van der Waals surface area contributed by atoms with Crippen molar-refractivity contribution in [2.24, 2.45) is 0 Å². The van der Waals surface area contributed by atoms with E-state index in [4.69, 9.17) is 15.0 Å². The molecule has 0 radical (unpaired) electrons. The maximum Gasteiger partial charge on any atom is 0.145 e. The predicted molar refractivity (Wildman–Crippen MR) is 240 cm³/mol. The van der Waals surface area contributed by atoms with E-state index in [9.17, 15) is 5.11 Å². The molecule has 0 aliphatic rings. The number of phenols is 1. The van der Waals surface area contributed by atoms with E-state index in [1.54, 1.807) is 18.5 Å². The predicted octanol–water partition coefficient (Wildman–Crippen LogP) is 13.6. The third-order valence-corrected chi connectivity index (χ3v) is 11.1. The summed E-state index contributed by atoms with van der Waals surface area (Å²) in [5.41, 5.74) is 15.7. The highest BCUT2D eigenvalue weighted by Crippen LogP contribution is 2.43. The number of benzene rings is 7. The van der Waals surface area contributed by atoms with Gasteiger partial charge >= 0.3 is 0 Å². The molecule has 2 aromatic heterocycles. The van der Waals surface area contributed by atoms with Gasteiger partial charge in [0.05, 0.1) is 27.8 Å². The molecule has 0 aliphatic heterocycles. The third-order valence-electron chi connectivity index (χ3n) is 11.1. The maximum atomic E-state index is 11.5. The zero-order valence-corrected chi connectivity index (χ0v) is 33.8. The molecule has 58 heavy (non-hydrogen) atoms. The van der Waals surface area contributed by atoms with Crippen LogP contribution in [0.4, 0.5) is 0 Å². The average molecular weight is 755 g/mol. The highest BCUT2D eigenvalue weighted by Gasteiger charge is 2.24. The number of rotatable bonds is 6. The lowest BCUT2D eigenvalue weighted by molar-refractivity contribution is 0.477. The first-order chi connectivity index (χ1) is 27.9. The van der Waals surface area contributed by atoms with Crippen LogP contribution in [0.5, 0.6) is 5.75 Å². The first-order valence-corrected chi connectivity index (χ1v) is 19.9. The molecule has 9 aromatic rings. The highest BCUT2D eigenvalue weighted by atomic mass is 16.3. The summed E-state index contributed by atoms with van der Waals surface area (Å²) >= 11 is 0. The Hall–Kier alpha value is -6.85. The minimum absolute atomic E-state index is 0.0576. The van der Waals surface area contributed by atoms with Crippen molar-refractivity contribution in [3.63, 3.8) is 0 Å². The molecule has 0 unspecified atom stereocenters. The van der Waals surface area contributed by atoms with E-state index in [1.807, 2.05) is 24.3 Å². The quantitative estimate of drug-likeness (QED) is 0.184. The van der Waals surface area contributed by atoms with Crippen LogP contribution in [0.2, 0.25) is 0 Å². The van der Waals surface area contributed by atoms with Crippen LogP contribution in [0.25, 0.3) is 83.6 Å². The Kier molecular flexibility index (Phi) is 9.04. The van der Waals surface area contributed by atoms with Crippen LogP contribution >= 0.6 is 0 Å². The van der Waals surface area contributed by atoms with Gasteiger partial charge in [-0.15, -0.1) is 0 Å². The fourth-order valence-corrected chi connectivity index (χ4v) is 7.92. The zero-order valence-electron chi connectivity index (χ0n) is 33.8. The minimum atomic E-state index is -0.0844. The molecule has 0 spiro atoms. The number of para-hydroxylation sites is 1. The number of fused-ring (bicyclic) bond motifs is 2. The SMILES string of the molecule is CC(C)(C)c1ccc(-n2c(-c3cccc(-c4cc(C(C)(C)C)cc5nccnc45)c3)nc3c(-c4cc(-c5ccccc5)ccc4O)cccc32)c(-c2ccccc2)c1. The number of phenolic OH excluding ortho intramolecular Hbond substituents is 1. The molecule has 1 N–H and O–H groups in total. The first-order valence-electron chi connectivity index (χ1n) is 19.9. The van der Waals surface area contributed by atoms with Gasteiger partial charge < -0.3 is 5.11 Å². The smallest absolute Gasteiger partial charge is 0.145 e. The molecular formula is C53H46N4O. The van der Waals surface area contributed by atoms with Gasteiger partial charge in [0.1, 0.15) is 11.6 Å². The fraction of sp³-hybridized carbons (Fsp3) is 0.151. The minimum Gasteiger partial charge on any atom is -0.507 e. The lowest BCUT2D eigenvalue weighted by Gasteiger charge is -2.23. The number of imidazole rings is 1. The van der Waals surface area contributed by atoms with E-state index in [0.29, 0.717) is 0 Å². The third kappa shape index (κ3) is 6.73. The second-order valence-corrected chi connectivity index (χ2v) is 17.2. The summed E-state index contributed by atoms with van der Waals surface area (Å²) in [5, 5.41) is 11.5. The Bertz CT molecular complexity index is 2970. The molecule has 0 aliphatic carbocycles. The first kappa shape index (κ1) is 36.8. The van der Waals surface area contributed by atoms with Gasteiger partial charge in [-0.3, -0.25) is 14.5 Å². The molecule has 0 atom stereocenters. The Morgan fingerprint density at radius 3 is 1.84 bits per heavy atom. The topological polar surface area (TPSA) is 63.8 Å². The Morgan fingerprint density at radius 1 is 0.448 bits per heavy atom. The molecule has 9 rings (SSSR count). The summed E-state index contributed by atoms with van der Waals surface area (Å²) < 4.78 is 2.30. The normalized spacial score (nSPS) is 12.0. The van der Waals surface area contributed by atoms with Crippen LogP contribution in [0, 0.1) is 0 Å². The zero-order chi connectivity index (χ0) is 40.2. The summed E-state index contributed by atoms with van der Waals surface area (Å²) in [6.45, 7) is 13.5. The summed E-state index contributed by atoms with van der Waals surface area (Å²) in [6.07, 6.45) is 3.53. The van der Waals surface area contributed by atoms with Gasteiger partial charge in [0, 0.05) is 40.2 Å². The van der Waals surface area contributed by atoms with Crippen LogP contribution in [-0.2, 0) is 10.8 Å². The second-order valence-electron chi connectivity index (χ2n) is 17.2. The summed E-state index contributed by atoms with van der Waals surface area (Å²) in [6, 6.07) is 52.8. The monoisotopic (exact) mass is 754 g/mol. The lowest BCUT2D eigenvalue weighted by Crippen LogP contribution is -2.12. The summed E-state index contributed by atoms with van der Waals surface area (Å²) in [7, 11) is 0. The molecular weight excluding hydrogens is 709 g/mol. The fourth-order valence-electron chi connectivity index (χ4n) is 7.92. The van der Waals surface area contributed by atoms with E-state index in [0.717, 1.165) is 83.6 Å². The summed E-state index contributed by atoms with van der Waals surface area (Å²) in [5.74, 6) is 1.00. The van der Waals surface area contributed by atoms with Crippen molar-refractivity contribution in [1.82, 2.24) is 19.5 Å². The van der Waals surface area contributed by atoms with Crippen LogP contribution in [-0.4, -0.2) is 24.6 Å². The van der Waals surface area contributed by atoms with Crippen molar-refractivity contribution < 1.29 is 5.11 Å². The lowest BCUT2D eigenvalue weighted by atomic mass is 9.84. The molecule has 0 saturated carbocycles. The molecule has 0 fully saturated rings. The van der Waals surface area contributed by atoms with E-state index < -0.39 is 0 Å². The number of hydrogen-bond donors (Lipinski definition) is 1. The maximum absolute atomic E-state index is 11.5. The van der Waals surface area contributed by atoms with E-state index in [2.05, 4.69) is 167 Å². The van der Waals surface area contributed by atoms with Crippen molar-refractivity contribution in [1.29, 1.82) is 0 Å². The van der Waals surface area contributed by atoms with Crippen molar-refractivity contribution >= 4 is 22.1 Å². The molecule has 284 valence electrons. The Labute approximate surface area is 340 Å². The molecule has 0 bridgehead atoms. The van der Waals surface area contributed by atoms with Gasteiger partial charge in [0.2, 0.25) is 0 Å². The summed E-state index contributed by atoms with van der Waals surface area (Å²) in [4.78, 5) is 15.1. The van der Waals surface area contributed by atoms with E-state index >= 15 is 0 Å². The van der Waals surface area contributed by atoms with Crippen LogP contribution in [0.3, 0.4) is 0 Å². The van der Waals surface area contributed by atoms with Crippen molar-refractivity contribution in [3.8, 4) is 67.3 Å². The number of aromatic nitrogens is 4. The Morgan fingerprint density at radius 2 is 1.10 bits per heavy atom. The Balaban J connectivity index is 1.34. The highest BCUT2D eigenvalue weighted by molar-refractivity contribution is 5.99. The molecule has 5 heteroatoms. The number of nitrogens with zero attached hydrogens (tertiary/aromatic N) is 4. The number of aromatic hydroxyl groups is 1. The van der Waals surface area contributed by atoms with Crippen LogP contribution in [0.15, 0.2) is 164 Å². The van der Waals surface area contributed by atoms with E-state index in [-0.39, 0.29) is 16.6 Å². The molecule has 5 nitrogen and oxygen atoms in total.